The van der Waals surface area contributed by atoms with Crippen LogP contribution in [0.25, 0.3) is 10.9 Å². The van der Waals surface area contributed by atoms with E-state index < -0.39 is 47.9 Å². The lowest BCUT2D eigenvalue weighted by Crippen LogP contribution is -2.56. The highest BCUT2D eigenvalue weighted by atomic mass is 32.1. The molecular weight excluding hydrogens is 472 g/mol. The number of rotatable bonds is 14. The summed E-state index contributed by atoms with van der Waals surface area (Å²) in [4.78, 5) is 52.3. The van der Waals surface area contributed by atoms with Gasteiger partial charge in [0, 0.05) is 22.9 Å². The van der Waals surface area contributed by atoms with E-state index in [4.69, 9.17) is 16.6 Å². The number of carbonyl (C=O) groups excluding carboxylic acids is 3. The third kappa shape index (κ3) is 8.26. The molecule has 1 heterocycles. The van der Waals surface area contributed by atoms with E-state index in [1.807, 2.05) is 24.3 Å². The number of para-hydroxylation sites is 1. The zero-order valence-corrected chi connectivity index (χ0v) is 20.5. The molecule has 0 saturated carbocycles. The Morgan fingerprint density at radius 2 is 1.71 bits per heavy atom. The van der Waals surface area contributed by atoms with Crippen molar-refractivity contribution in [1.29, 1.82) is 0 Å². The second-order valence-electron chi connectivity index (χ2n) is 8.33. The lowest BCUT2D eigenvalue weighted by molar-refractivity contribution is -0.141. The number of thiol groups is 1. The van der Waals surface area contributed by atoms with Crippen LogP contribution in [0, 0.1) is 0 Å². The third-order valence-electron chi connectivity index (χ3n) is 5.58. The molecule has 0 saturated heterocycles. The number of aliphatic carboxylic acids is 1. The Kier molecular flexibility index (Phi) is 11.0. The molecular formula is C23H34N6O5S. The van der Waals surface area contributed by atoms with Crippen LogP contribution in [0.4, 0.5) is 0 Å². The summed E-state index contributed by atoms with van der Waals surface area (Å²) < 4.78 is 0. The molecule has 192 valence electrons. The Bertz CT molecular complexity index is 1030. The van der Waals surface area contributed by atoms with Gasteiger partial charge < -0.3 is 37.5 Å². The number of amides is 3. The van der Waals surface area contributed by atoms with Crippen molar-refractivity contribution < 1.29 is 24.3 Å². The summed E-state index contributed by atoms with van der Waals surface area (Å²) in [6.45, 7) is 1.85. The van der Waals surface area contributed by atoms with Crippen LogP contribution in [0.5, 0.6) is 0 Å². The molecule has 3 amide bonds. The molecule has 1 aromatic carbocycles. The molecule has 1 aromatic heterocycles. The number of H-pyrrole nitrogens is 1. The Morgan fingerprint density at radius 1 is 1.03 bits per heavy atom. The highest BCUT2D eigenvalue weighted by molar-refractivity contribution is 7.80. The van der Waals surface area contributed by atoms with Gasteiger partial charge in [0.2, 0.25) is 17.7 Å². The first-order valence-corrected chi connectivity index (χ1v) is 12.1. The Morgan fingerprint density at radius 3 is 2.37 bits per heavy atom. The van der Waals surface area contributed by atoms with Gasteiger partial charge in [-0.3, -0.25) is 14.4 Å². The fraction of sp³-hybridized carbons (Fsp3) is 0.478. The summed E-state index contributed by atoms with van der Waals surface area (Å²) >= 11 is 3.90. The summed E-state index contributed by atoms with van der Waals surface area (Å²) in [7, 11) is 0. The maximum absolute atomic E-state index is 12.9. The minimum Gasteiger partial charge on any atom is -0.480 e. The van der Waals surface area contributed by atoms with Gasteiger partial charge in [0.25, 0.3) is 0 Å². The van der Waals surface area contributed by atoms with Crippen molar-refractivity contribution in [1.82, 2.24) is 20.9 Å². The van der Waals surface area contributed by atoms with Gasteiger partial charge in [-0.05, 0) is 50.8 Å². The van der Waals surface area contributed by atoms with E-state index in [1.165, 1.54) is 6.92 Å². The van der Waals surface area contributed by atoms with Gasteiger partial charge in [0.05, 0.1) is 6.04 Å². The number of aromatic nitrogens is 1. The number of aromatic amines is 1. The van der Waals surface area contributed by atoms with Crippen molar-refractivity contribution in [2.75, 3.05) is 12.3 Å². The van der Waals surface area contributed by atoms with Gasteiger partial charge >= 0.3 is 5.97 Å². The van der Waals surface area contributed by atoms with E-state index in [0.29, 0.717) is 25.8 Å². The topological polar surface area (TPSA) is 192 Å². The molecule has 2 rings (SSSR count). The van der Waals surface area contributed by atoms with E-state index in [1.54, 1.807) is 6.20 Å². The molecule has 0 bridgehead atoms. The van der Waals surface area contributed by atoms with Crippen molar-refractivity contribution in [2.45, 2.75) is 56.8 Å². The van der Waals surface area contributed by atoms with Crippen LogP contribution in [-0.2, 0) is 25.6 Å². The largest absolute Gasteiger partial charge is 0.480 e. The summed E-state index contributed by atoms with van der Waals surface area (Å²) in [5, 5.41) is 17.6. The number of unbranched alkanes of at least 4 members (excludes halogenated alkanes) is 1. The molecule has 0 spiro atoms. The summed E-state index contributed by atoms with van der Waals surface area (Å²) in [5.41, 5.74) is 13.5. The van der Waals surface area contributed by atoms with Gasteiger partial charge in [0.1, 0.15) is 18.1 Å². The number of nitrogens with one attached hydrogen (secondary N) is 4. The van der Waals surface area contributed by atoms with Crippen molar-refractivity contribution >= 4 is 47.2 Å². The maximum atomic E-state index is 12.9. The summed E-state index contributed by atoms with van der Waals surface area (Å²) in [6.07, 6.45) is 3.61. The van der Waals surface area contributed by atoms with Gasteiger partial charge in [-0.15, -0.1) is 0 Å². The van der Waals surface area contributed by atoms with Gasteiger partial charge in [-0.25, -0.2) is 4.79 Å². The first-order valence-electron chi connectivity index (χ1n) is 11.4. The first kappa shape index (κ1) is 28.1. The standard InChI is InChI=1S/C23H34N6O5S/c1-13(20(30)29-19(12-35)23(33)34)27-22(32)18(8-4-5-9-24)28-21(31)16(25)10-14-11-26-17-7-3-2-6-15(14)17/h2-3,6-7,11,13,16,18-19,26,35H,4-5,8-10,12,24-25H2,1H3,(H,27,32)(H,28,31)(H,29,30)(H,33,34). The van der Waals surface area contributed by atoms with Crippen LogP contribution < -0.4 is 27.4 Å². The normalized spacial score (nSPS) is 14.5. The van der Waals surface area contributed by atoms with Crippen LogP contribution in [0.2, 0.25) is 0 Å². The first-order chi connectivity index (χ1) is 16.7. The van der Waals surface area contributed by atoms with Crippen LogP contribution in [-0.4, -0.2) is 70.2 Å². The van der Waals surface area contributed by atoms with E-state index in [2.05, 4.69) is 33.6 Å². The molecule has 12 heteroatoms. The number of carboxylic acids is 1. The summed E-state index contributed by atoms with van der Waals surface area (Å²) in [6, 6.07) is 3.62. The quantitative estimate of drug-likeness (QED) is 0.127. The average molecular weight is 507 g/mol. The van der Waals surface area contributed by atoms with Crippen molar-refractivity contribution in [3.05, 3.63) is 36.0 Å². The van der Waals surface area contributed by atoms with Crippen molar-refractivity contribution in [3.8, 4) is 0 Å². The van der Waals surface area contributed by atoms with Gasteiger partial charge in [0.15, 0.2) is 0 Å². The maximum Gasteiger partial charge on any atom is 0.327 e. The van der Waals surface area contributed by atoms with Gasteiger partial charge in [-0.2, -0.15) is 12.6 Å². The monoisotopic (exact) mass is 506 g/mol. The smallest absolute Gasteiger partial charge is 0.327 e. The highest BCUT2D eigenvalue weighted by Gasteiger charge is 2.28. The molecule has 0 aliphatic heterocycles. The third-order valence-corrected chi connectivity index (χ3v) is 5.95. The zero-order valence-electron chi connectivity index (χ0n) is 19.6. The minimum atomic E-state index is -1.23. The van der Waals surface area contributed by atoms with E-state index >= 15 is 0 Å². The van der Waals surface area contributed by atoms with Crippen LogP contribution in [0.1, 0.15) is 31.7 Å². The second kappa shape index (κ2) is 13.7. The molecule has 0 fully saturated rings. The number of hydrogen-bond acceptors (Lipinski definition) is 7. The molecule has 0 aliphatic rings. The number of carbonyl (C=O) groups is 4. The predicted octanol–water partition coefficient (Wildman–Crippen LogP) is -0.345. The van der Waals surface area contributed by atoms with E-state index in [9.17, 15) is 19.2 Å². The van der Waals surface area contributed by atoms with Crippen LogP contribution >= 0.6 is 12.6 Å². The molecule has 2 aromatic rings. The predicted molar refractivity (Wildman–Crippen MR) is 136 cm³/mol. The zero-order chi connectivity index (χ0) is 26.0. The summed E-state index contributed by atoms with van der Waals surface area (Å²) in [5.74, 6) is -3.09. The number of nitrogens with two attached hydrogens (primary N) is 2. The number of carboxylic acid groups (broad SMARTS) is 1. The van der Waals surface area contributed by atoms with Gasteiger partial charge in [-0.1, -0.05) is 18.2 Å². The highest BCUT2D eigenvalue weighted by Crippen LogP contribution is 2.18. The second-order valence-corrected chi connectivity index (χ2v) is 8.69. The van der Waals surface area contributed by atoms with Crippen LogP contribution in [0.15, 0.2) is 30.5 Å². The lowest BCUT2D eigenvalue weighted by atomic mass is 10.0. The fourth-order valence-corrected chi connectivity index (χ4v) is 3.78. The SMILES string of the molecule is CC(NC(=O)C(CCCCN)NC(=O)C(N)Cc1c[nH]c2ccccc12)C(=O)NC(CS)C(=O)O. The number of fused-ring (bicyclic) bond motifs is 1. The average Bonchev–Trinajstić information content (AvgIpc) is 3.24. The van der Waals surface area contributed by atoms with Crippen molar-refractivity contribution in [2.24, 2.45) is 11.5 Å². The Labute approximate surface area is 209 Å². The number of hydrogen-bond donors (Lipinski definition) is 8. The van der Waals surface area contributed by atoms with E-state index in [0.717, 1.165) is 16.5 Å². The van der Waals surface area contributed by atoms with E-state index in [-0.39, 0.29) is 12.2 Å². The molecule has 35 heavy (non-hydrogen) atoms. The van der Waals surface area contributed by atoms with Crippen LogP contribution in [0.3, 0.4) is 0 Å². The molecule has 0 radical (unpaired) electrons. The molecule has 0 aliphatic carbocycles. The Balaban J connectivity index is 2.02. The molecule has 4 unspecified atom stereocenters. The molecule has 4 atom stereocenters. The fourth-order valence-electron chi connectivity index (χ4n) is 3.53. The molecule has 11 nitrogen and oxygen atoms in total. The lowest BCUT2D eigenvalue weighted by Gasteiger charge is -2.23. The van der Waals surface area contributed by atoms with Crippen molar-refractivity contribution in [3.63, 3.8) is 0 Å². The minimum absolute atomic E-state index is 0.103. The molecule has 9 N–H and O–H groups in total. The number of benzene rings is 1. The Hall–Kier alpha value is -3.09.